The van der Waals surface area contributed by atoms with Gasteiger partial charge in [-0.2, -0.15) is 0 Å². The van der Waals surface area contributed by atoms with Gasteiger partial charge in [0.1, 0.15) is 11.1 Å². The van der Waals surface area contributed by atoms with Crippen molar-refractivity contribution in [1.29, 1.82) is 0 Å². The van der Waals surface area contributed by atoms with Gasteiger partial charge in [0, 0.05) is 0 Å². The number of fused-ring (bicyclic) bond motifs is 1. The molecule has 0 aromatic carbocycles. The van der Waals surface area contributed by atoms with Crippen LogP contribution in [0.4, 0.5) is 0 Å². The van der Waals surface area contributed by atoms with Gasteiger partial charge in [-0.05, 0) is 64.8 Å². The van der Waals surface area contributed by atoms with Gasteiger partial charge < -0.3 is 0 Å². The second-order valence-corrected chi connectivity index (χ2v) is 6.36. The second kappa shape index (κ2) is 5.16. The van der Waals surface area contributed by atoms with Crippen molar-refractivity contribution in [3.63, 3.8) is 0 Å². The van der Waals surface area contributed by atoms with Crippen molar-refractivity contribution in [3.8, 4) is 0 Å². The van der Waals surface area contributed by atoms with E-state index in [1.165, 1.54) is 5.57 Å². The first-order valence-electron chi connectivity index (χ1n) is 7.40. The van der Waals surface area contributed by atoms with E-state index in [1.807, 2.05) is 6.92 Å². The van der Waals surface area contributed by atoms with E-state index in [2.05, 4.69) is 55.7 Å². The molecule has 2 aliphatic carbocycles. The highest BCUT2D eigenvalue weighted by atomic mass is 15.0. The van der Waals surface area contributed by atoms with Gasteiger partial charge in [0.05, 0.1) is 0 Å². The van der Waals surface area contributed by atoms with Crippen LogP contribution >= 0.6 is 0 Å². The highest BCUT2D eigenvalue weighted by Crippen LogP contribution is 2.56. The van der Waals surface area contributed by atoms with E-state index in [4.69, 9.17) is 0 Å². The number of rotatable bonds is 4. The Morgan fingerprint density at radius 2 is 2.05 bits per heavy atom. The number of hydrogen-bond acceptors (Lipinski definition) is 2. The molecule has 0 aliphatic heterocycles. The Hall–Kier alpha value is -1.44. The van der Waals surface area contributed by atoms with Crippen molar-refractivity contribution >= 4 is 13.4 Å². The summed E-state index contributed by atoms with van der Waals surface area (Å²) in [6.45, 7) is 20.3. The third kappa shape index (κ3) is 1.77. The Morgan fingerprint density at radius 3 is 2.55 bits per heavy atom. The summed E-state index contributed by atoms with van der Waals surface area (Å²) in [5.74, 6) is 0.872. The molecule has 1 saturated carbocycles. The van der Waals surface area contributed by atoms with Crippen LogP contribution in [0.15, 0.2) is 46.4 Å². The van der Waals surface area contributed by atoms with Crippen LogP contribution in [-0.2, 0) is 0 Å². The summed E-state index contributed by atoms with van der Waals surface area (Å²) in [5, 5.41) is 0. The van der Waals surface area contributed by atoms with Gasteiger partial charge in [0.25, 0.3) is 0 Å². The van der Waals surface area contributed by atoms with Crippen LogP contribution in [0.3, 0.4) is 0 Å². The van der Waals surface area contributed by atoms with E-state index in [0.29, 0.717) is 11.8 Å². The molecule has 2 nitrogen and oxygen atoms in total. The predicted molar refractivity (Wildman–Crippen MR) is 88.8 cm³/mol. The number of allylic oxidation sites excluding steroid dienone is 2. The van der Waals surface area contributed by atoms with Gasteiger partial charge in [-0.1, -0.05) is 29.9 Å². The molecule has 0 aromatic heterocycles. The molecule has 2 aliphatic rings. The average Bonchev–Trinajstić information content (AvgIpc) is 2.45. The lowest BCUT2D eigenvalue weighted by atomic mass is 9.53. The molecule has 2 rings (SSSR count). The Morgan fingerprint density at radius 1 is 1.35 bits per heavy atom. The molecular weight excluding hydrogens is 244 g/mol. The summed E-state index contributed by atoms with van der Waals surface area (Å²) in [6.07, 6.45) is 8.60. The maximum atomic E-state index is 4.63. The van der Waals surface area contributed by atoms with Crippen LogP contribution < -0.4 is 0 Å². The van der Waals surface area contributed by atoms with Crippen LogP contribution in [-0.4, -0.2) is 24.5 Å². The Kier molecular flexibility index (Phi) is 3.86. The quantitative estimate of drug-likeness (QED) is 0.534. The van der Waals surface area contributed by atoms with Crippen molar-refractivity contribution in [2.24, 2.45) is 21.8 Å². The van der Waals surface area contributed by atoms with E-state index < -0.39 is 11.1 Å². The fraction of sp³-hybridized carbons (Fsp3) is 0.556. The predicted octanol–water partition coefficient (Wildman–Crippen LogP) is 4.39. The molecule has 0 aromatic rings. The summed E-state index contributed by atoms with van der Waals surface area (Å²) in [4.78, 5) is 9.17. The largest absolute Gasteiger partial charge is 0.287 e. The molecule has 0 bridgehead atoms. The van der Waals surface area contributed by atoms with Crippen LogP contribution in [0.1, 0.15) is 39.5 Å². The molecule has 0 N–H and O–H groups in total. The molecule has 0 unspecified atom stereocenters. The molecule has 108 valence electrons. The molecule has 0 radical (unpaired) electrons. The summed E-state index contributed by atoms with van der Waals surface area (Å²) < 4.78 is 0. The molecule has 0 saturated heterocycles. The molecule has 0 spiro atoms. The standard InChI is InChI=1S/C18H26N2/c1-7-15-10-11-17(19-5,13(2)3)18(20-6)12-14(4)8-9-16(15)18/h7,12,15-16H,1-2,5-6,8-11H2,3-4H3/t15-,16+,17-,18-/m1/s1. The second-order valence-electron chi connectivity index (χ2n) is 6.36. The zero-order chi connectivity index (χ0) is 15.0. The maximum Gasteiger partial charge on any atom is 0.110 e. The van der Waals surface area contributed by atoms with Crippen LogP contribution in [0.25, 0.3) is 0 Å². The Balaban J connectivity index is 2.69. The summed E-state index contributed by atoms with van der Waals surface area (Å²) in [7, 11) is 0. The minimum Gasteiger partial charge on any atom is -0.287 e. The Labute approximate surface area is 123 Å². The molecular formula is C18H26N2. The summed E-state index contributed by atoms with van der Waals surface area (Å²) in [6, 6.07) is 0. The highest BCUT2D eigenvalue weighted by molar-refractivity contribution is 5.46. The van der Waals surface area contributed by atoms with Crippen molar-refractivity contribution in [1.82, 2.24) is 0 Å². The first-order valence-corrected chi connectivity index (χ1v) is 7.40. The van der Waals surface area contributed by atoms with Crippen molar-refractivity contribution in [2.75, 3.05) is 0 Å². The van der Waals surface area contributed by atoms with Crippen LogP contribution in [0, 0.1) is 11.8 Å². The molecule has 4 atom stereocenters. The van der Waals surface area contributed by atoms with Crippen LogP contribution in [0.2, 0.25) is 0 Å². The Bertz CT molecular complexity index is 488. The minimum absolute atomic E-state index is 0.400. The van der Waals surface area contributed by atoms with Crippen molar-refractivity contribution in [2.45, 2.75) is 50.6 Å². The zero-order valence-electron chi connectivity index (χ0n) is 12.9. The van der Waals surface area contributed by atoms with E-state index in [1.54, 1.807) is 0 Å². The lowest BCUT2D eigenvalue weighted by Crippen LogP contribution is -2.61. The average molecular weight is 270 g/mol. The van der Waals surface area contributed by atoms with E-state index in [9.17, 15) is 0 Å². The molecule has 2 heteroatoms. The first kappa shape index (κ1) is 15.0. The van der Waals surface area contributed by atoms with Crippen molar-refractivity contribution in [3.05, 3.63) is 36.5 Å². The van der Waals surface area contributed by atoms with Gasteiger partial charge in [-0.25, -0.2) is 0 Å². The fourth-order valence-corrected chi connectivity index (χ4v) is 4.37. The fourth-order valence-electron chi connectivity index (χ4n) is 4.37. The van der Waals surface area contributed by atoms with Gasteiger partial charge >= 0.3 is 0 Å². The lowest BCUT2D eigenvalue weighted by molar-refractivity contribution is 0.0999. The van der Waals surface area contributed by atoms with Gasteiger partial charge in [0.2, 0.25) is 0 Å². The highest BCUT2D eigenvalue weighted by Gasteiger charge is 2.59. The third-order valence-electron chi connectivity index (χ3n) is 5.44. The van der Waals surface area contributed by atoms with Crippen LogP contribution in [0.5, 0.6) is 0 Å². The van der Waals surface area contributed by atoms with Crippen molar-refractivity contribution < 1.29 is 0 Å². The zero-order valence-corrected chi connectivity index (χ0v) is 12.9. The minimum atomic E-state index is -0.416. The van der Waals surface area contributed by atoms with Gasteiger partial charge in [-0.15, -0.1) is 6.58 Å². The molecule has 1 fully saturated rings. The summed E-state index contributed by atoms with van der Waals surface area (Å²) in [5.41, 5.74) is 1.59. The van der Waals surface area contributed by atoms with E-state index >= 15 is 0 Å². The SMILES string of the molecule is C=C[C@@H]1CC[C@@](N=C)(C(=C)C)[C@@]2(N=C)C=C(C)CC[C@@H]12. The maximum absolute atomic E-state index is 4.63. The van der Waals surface area contributed by atoms with Gasteiger partial charge in [0.15, 0.2) is 0 Å². The first-order chi connectivity index (χ1) is 9.47. The monoisotopic (exact) mass is 270 g/mol. The van der Waals surface area contributed by atoms with E-state index in [-0.39, 0.29) is 0 Å². The lowest BCUT2D eigenvalue weighted by Gasteiger charge is -2.56. The summed E-state index contributed by atoms with van der Waals surface area (Å²) >= 11 is 0. The number of nitrogens with zero attached hydrogens (tertiary/aromatic N) is 2. The van der Waals surface area contributed by atoms with Gasteiger partial charge in [-0.3, -0.25) is 9.98 Å². The number of hydrogen-bond donors (Lipinski definition) is 0. The topological polar surface area (TPSA) is 24.7 Å². The van der Waals surface area contributed by atoms with E-state index in [0.717, 1.165) is 31.3 Å². The molecule has 20 heavy (non-hydrogen) atoms. The number of aliphatic imine (C=N–C) groups is 2. The third-order valence-corrected chi connectivity index (χ3v) is 5.44. The smallest absolute Gasteiger partial charge is 0.110 e. The molecule has 0 amide bonds. The molecule has 0 heterocycles. The normalized spacial score (nSPS) is 40.2.